The van der Waals surface area contributed by atoms with Crippen LogP contribution in [0.4, 0.5) is 5.69 Å². The summed E-state index contributed by atoms with van der Waals surface area (Å²) in [5.74, 6) is 0. The van der Waals surface area contributed by atoms with Gasteiger partial charge in [0, 0.05) is 17.1 Å². The topological polar surface area (TPSA) is 42.2 Å². The number of thiazole rings is 1. The summed E-state index contributed by atoms with van der Waals surface area (Å²) in [7, 11) is 2.11. The fourth-order valence-electron chi connectivity index (χ4n) is 1.90. The van der Waals surface area contributed by atoms with Crippen molar-refractivity contribution in [2.75, 3.05) is 12.8 Å². The van der Waals surface area contributed by atoms with Crippen molar-refractivity contribution in [3.8, 4) is 0 Å². The van der Waals surface area contributed by atoms with E-state index in [-0.39, 0.29) is 0 Å². The molecule has 0 radical (unpaired) electrons. The molecule has 96 valence electrons. The maximum Gasteiger partial charge on any atom is 0.107 e. The van der Waals surface area contributed by atoms with E-state index in [1.165, 1.54) is 15.4 Å². The minimum absolute atomic E-state index is 0.821. The maximum atomic E-state index is 5.78. The van der Waals surface area contributed by atoms with E-state index in [0.717, 1.165) is 24.5 Å². The van der Waals surface area contributed by atoms with Crippen LogP contribution in [-0.4, -0.2) is 16.9 Å². The molecule has 4 heteroatoms. The van der Waals surface area contributed by atoms with Crippen LogP contribution in [0.25, 0.3) is 0 Å². The predicted octanol–water partition coefficient (Wildman–Crippen LogP) is 2.97. The molecule has 0 aliphatic rings. The van der Waals surface area contributed by atoms with Crippen LogP contribution >= 0.6 is 11.3 Å². The zero-order valence-electron chi connectivity index (χ0n) is 11.1. The zero-order chi connectivity index (χ0) is 13.1. The monoisotopic (exact) mass is 261 g/mol. The van der Waals surface area contributed by atoms with Crippen molar-refractivity contribution in [1.29, 1.82) is 0 Å². The molecule has 0 aliphatic heterocycles. The highest BCUT2D eigenvalue weighted by molar-refractivity contribution is 7.11. The lowest BCUT2D eigenvalue weighted by molar-refractivity contribution is 0.318. The molecule has 0 atom stereocenters. The molecule has 0 fully saturated rings. The molecule has 2 rings (SSSR count). The zero-order valence-corrected chi connectivity index (χ0v) is 11.9. The third-order valence-corrected chi connectivity index (χ3v) is 3.94. The van der Waals surface area contributed by atoms with E-state index >= 15 is 0 Å². The molecule has 0 saturated heterocycles. The van der Waals surface area contributed by atoms with Gasteiger partial charge < -0.3 is 5.73 Å². The third kappa shape index (κ3) is 3.31. The van der Waals surface area contributed by atoms with Crippen molar-refractivity contribution >= 4 is 17.0 Å². The quantitative estimate of drug-likeness (QED) is 0.860. The van der Waals surface area contributed by atoms with Crippen molar-refractivity contribution in [3.63, 3.8) is 0 Å². The van der Waals surface area contributed by atoms with Gasteiger partial charge in [0.2, 0.25) is 0 Å². The lowest BCUT2D eigenvalue weighted by atomic mass is 10.2. The van der Waals surface area contributed by atoms with Crippen molar-refractivity contribution in [2.24, 2.45) is 0 Å². The van der Waals surface area contributed by atoms with Gasteiger partial charge in [0.1, 0.15) is 5.01 Å². The van der Waals surface area contributed by atoms with Gasteiger partial charge in [0.05, 0.1) is 12.2 Å². The molecular formula is C14H19N3S. The smallest absolute Gasteiger partial charge is 0.107 e. The van der Waals surface area contributed by atoms with Gasteiger partial charge in [-0.15, -0.1) is 11.3 Å². The van der Waals surface area contributed by atoms with E-state index in [4.69, 9.17) is 5.73 Å². The Morgan fingerprint density at radius 2 is 2.06 bits per heavy atom. The Morgan fingerprint density at radius 3 is 2.67 bits per heavy atom. The van der Waals surface area contributed by atoms with Crippen LogP contribution in [-0.2, 0) is 13.1 Å². The van der Waals surface area contributed by atoms with Crippen LogP contribution < -0.4 is 5.73 Å². The summed E-state index contributed by atoms with van der Waals surface area (Å²) < 4.78 is 0. The Balaban J connectivity index is 1.98. The van der Waals surface area contributed by atoms with Gasteiger partial charge in [0.25, 0.3) is 0 Å². The maximum absolute atomic E-state index is 5.78. The van der Waals surface area contributed by atoms with Crippen molar-refractivity contribution in [1.82, 2.24) is 9.88 Å². The summed E-state index contributed by atoms with van der Waals surface area (Å²) in [5, 5.41) is 1.18. The number of rotatable bonds is 4. The number of hydrogen-bond acceptors (Lipinski definition) is 4. The summed E-state index contributed by atoms with van der Waals surface area (Å²) in [4.78, 5) is 8.13. The van der Waals surface area contributed by atoms with Crippen LogP contribution in [0.5, 0.6) is 0 Å². The number of hydrogen-bond donors (Lipinski definition) is 1. The molecule has 2 N–H and O–H groups in total. The first kappa shape index (κ1) is 13.1. The number of benzene rings is 1. The Bertz CT molecular complexity index is 514. The molecule has 1 aromatic heterocycles. The van der Waals surface area contributed by atoms with E-state index < -0.39 is 0 Å². The summed E-state index contributed by atoms with van der Waals surface area (Å²) in [6.07, 6.45) is 0. The highest BCUT2D eigenvalue weighted by Gasteiger charge is 2.07. The summed E-state index contributed by atoms with van der Waals surface area (Å²) in [6, 6.07) is 8.04. The second-order valence-corrected chi connectivity index (χ2v) is 5.95. The number of nitrogen functional groups attached to an aromatic ring is 1. The first-order chi connectivity index (χ1) is 8.54. The predicted molar refractivity (Wildman–Crippen MR) is 77.6 cm³/mol. The van der Waals surface area contributed by atoms with Gasteiger partial charge in [-0.05, 0) is 38.6 Å². The third-order valence-electron chi connectivity index (χ3n) is 2.88. The van der Waals surface area contributed by atoms with Gasteiger partial charge in [-0.1, -0.05) is 12.1 Å². The molecule has 1 heterocycles. The number of nitrogens with two attached hydrogens (primary N) is 1. The number of aromatic nitrogens is 1. The highest BCUT2D eigenvalue weighted by Crippen LogP contribution is 2.18. The highest BCUT2D eigenvalue weighted by atomic mass is 32.1. The Hall–Kier alpha value is -1.39. The van der Waals surface area contributed by atoms with Crippen molar-refractivity contribution < 1.29 is 0 Å². The lowest BCUT2D eigenvalue weighted by Gasteiger charge is -2.15. The molecule has 0 amide bonds. The number of nitrogens with zero attached hydrogens (tertiary/aromatic N) is 2. The molecule has 0 bridgehead atoms. The van der Waals surface area contributed by atoms with Crippen LogP contribution in [0.15, 0.2) is 24.3 Å². The first-order valence-electron chi connectivity index (χ1n) is 6.00. The van der Waals surface area contributed by atoms with E-state index in [9.17, 15) is 0 Å². The normalized spacial score (nSPS) is 11.1. The second kappa shape index (κ2) is 5.50. The standard InChI is InChI=1S/C14H19N3S/c1-10-11(2)18-14(16-10)9-17(3)8-12-5-4-6-13(15)7-12/h4-7H,8-9,15H2,1-3H3. The number of aryl methyl sites for hydroxylation is 2. The van der Waals surface area contributed by atoms with Gasteiger partial charge in [-0.3, -0.25) is 4.90 Å². The molecule has 0 spiro atoms. The second-order valence-electron chi connectivity index (χ2n) is 4.67. The van der Waals surface area contributed by atoms with Gasteiger partial charge in [0.15, 0.2) is 0 Å². The average molecular weight is 261 g/mol. The van der Waals surface area contributed by atoms with Crippen molar-refractivity contribution in [3.05, 3.63) is 45.4 Å². The summed E-state index contributed by atoms with van der Waals surface area (Å²) in [6.45, 7) is 5.96. The van der Waals surface area contributed by atoms with Crippen LogP contribution in [0.2, 0.25) is 0 Å². The molecule has 18 heavy (non-hydrogen) atoms. The van der Waals surface area contributed by atoms with Crippen molar-refractivity contribution in [2.45, 2.75) is 26.9 Å². The minimum atomic E-state index is 0.821. The van der Waals surface area contributed by atoms with Crippen LogP contribution in [0.3, 0.4) is 0 Å². The minimum Gasteiger partial charge on any atom is -0.399 e. The molecule has 0 saturated carbocycles. The van der Waals surface area contributed by atoms with E-state index in [1.807, 2.05) is 18.2 Å². The molecule has 0 unspecified atom stereocenters. The molecule has 3 nitrogen and oxygen atoms in total. The average Bonchev–Trinajstić information content (AvgIpc) is 2.57. The van der Waals surface area contributed by atoms with Gasteiger partial charge >= 0.3 is 0 Å². The van der Waals surface area contributed by atoms with Crippen LogP contribution in [0, 0.1) is 13.8 Å². The summed E-state index contributed by atoms with van der Waals surface area (Å²) in [5.41, 5.74) is 8.99. The van der Waals surface area contributed by atoms with E-state index in [0.29, 0.717) is 0 Å². The Kier molecular flexibility index (Phi) is 3.99. The Morgan fingerprint density at radius 1 is 1.28 bits per heavy atom. The SMILES string of the molecule is Cc1nc(CN(C)Cc2cccc(N)c2)sc1C. The Labute approximate surface area is 112 Å². The summed E-state index contributed by atoms with van der Waals surface area (Å²) >= 11 is 1.78. The fourth-order valence-corrected chi connectivity index (χ4v) is 2.91. The lowest BCUT2D eigenvalue weighted by Crippen LogP contribution is -2.17. The van der Waals surface area contributed by atoms with Crippen LogP contribution in [0.1, 0.15) is 21.1 Å². The fraction of sp³-hybridized carbons (Fsp3) is 0.357. The largest absolute Gasteiger partial charge is 0.399 e. The molecule has 2 aromatic rings. The molecule has 0 aliphatic carbocycles. The van der Waals surface area contributed by atoms with E-state index in [2.05, 4.69) is 36.8 Å². The number of anilines is 1. The molecular weight excluding hydrogens is 242 g/mol. The molecule has 1 aromatic carbocycles. The van der Waals surface area contributed by atoms with E-state index in [1.54, 1.807) is 11.3 Å². The first-order valence-corrected chi connectivity index (χ1v) is 6.82. The van der Waals surface area contributed by atoms with Gasteiger partial charge in [-0.2, -0.15) is 0 Å². The van der Waals surface area contributed by atoms with Gasteiger partial charge in [-0.25, -0.2) is 4.98 Å².